The molecular weight excluding hydrogens is 461 g/mol. The van der Waals surface area contributed by atoms with Gasteiger partial charge in [-0.1, -0.05) is 11.6 Å². The summed E-state index contributed by atoms with van der Waals surface area (Å²) in [5, 5.41) is 11.3. The van der Waals surface area contributed by atoms with E-state index in [-0.39, 0.29) is 27.4 Å². The molecule has 0 aliphatic heterocycles. The summed E-state index contributed by atoms with van der Waals surface area (Å²) in [5.41, 5.74) is 7.06. The Balaban J connectivity index is 1.61. The van der Waals surface area contributed by atoms with Crippen LogP contribution in [0, 0.1) is 5.82 Å². The fourth-order valence-electron chi connectivity index (χ4n) is 2.99. The minimum Gasteiger partial charge on any atom is -0.366 e. The van der Waals surface area contributed by atoms with Crippen molar-refractivity contribution in [2.45, 2.75) is 4.90 Å². The van der Waals surface area contributed by atoms with E-state index in [1.165, 1.54) is 24.4 Å². The number of benzene rings is 2. The van der Waals surface area contributed by atoms with Crippen LogP contribution in [0.5, 0.6) is 0 Å². The second-order valence-corrected chi connectivity index (χ2v) is 8.59. The third-order valence-corrected chi connectivity index (χ3v) is 5.84. The van der Waals surface area contributed by atoms with Crippen molar-refractivity contribution in [3.05, 3.63) is 65.2 Å². The quantitative estimate of drug-likeness (QED) is 0.285. The van der Waals surface area contributed by atoms with E-state index in [9.17, 15) is 17.6 Å². The molecule has 0 atom stereocenters. The maximum atomic E-state index is 14.3. The fourth-order valence-corrected chi connectivity index (χ4v) is 4.06. The molecule has 2 heterocycles. The van der Waals surface area contributed by atoms with Gasteiger partial charge in [-0.25, -0.2) is 22.9 Å². The van der Waals surface area contributed by atoms with Crippen LogP contribution < -0.4 is 21.5 Å². The lowest BCUT2D eigenvalue weighted by Crippen LogP contribution is -2.13. The van der Waals surface area contributed by atoms with Gasteiger partial charge in [0, 0.05) is 28.5 Å². The van der Waals surface area contributed by atoms with Crippen LogP contribution >= 0.6 is 11.6 Å². The summed E-state index contributed by atoms with van der Waals surface area (Å²) >= 11 is 5.87. The van der Waals surface area contributed by atoms with Gasteiger partial charge < -0.3 is 21.4 Å². The Labute approximate surface area is 185 Å². The number of carbonyl (C=O) groups is 1. The number of primary amides is 1. The van der Waals surface area contributed by atoms with Crippen molar-refractivity contribution in [1.82, 2.24) is 15.0 Å². The third-order valence-electron chi connectivity index (χ3n) is 4.45. The third kappa shape index (κ3) is 4.32. The van der Waals surface area contributed by atoms with E-state index in [4.69, 9.17) is 22.5 Å². The first-order chi connectivity index (χ1) is 15.1. The molecule has 0 saturated heterocycles. The summed E-state index contributed by atoms with van der Waals surface area (Å²) < 4.78 is 37.6. The molecule has 2 aromatic heterocycles. The molecule has 13 heteroatoms. The predicted molar refractivity (Wildman–Crippen MR) is 118 cm³/mol. The van der Waals surface area contributed by atoms with Crippen molar-refractivity contribution in [3.63, 3.8) is 0 Å². The molecule has 0 saturated carbocycles. The number of aromatic amines is 1. The summed E-state index contributed by atoms with van der Waals surface area (Å²) in [5.74, 6) is -1.43. The Morgan fingerprint density at radius 3 is 2.56 bits per heavy atom. The van der Waals surface area contributed by atoms with Crippen LogP contribution in [0.3, 0.4) is 0 Å². The second kappa shape index (κ2) is 8.07. The predicted octanol–water partition coefficient (Wildman–Crippen LogP) is 2.98. The van der Waals surface area contributed by atoms with Gasteiger partial charge in [-0.05, 0) is 36.4 Å². The Morgan fingerprint density at radius 1 is 1.12 bits per heavy atom. The van der Waals surface area contributed by atoms with Gasteiger partial charge >= 0.3 is 0 Å². The maximum Gasteiger partial charge on any atom is 0.250 e. The summed E-state index contributed by atoms with van der Waals surface area (Å²) in [6.07, 6.45) is 2.44. The molecule has 2 aromatic carbocycles. The molecule has 0 aliphatic rings. The van der Waals surface area contributed by atoms with Gasteiger partial charge in [0.1, 0.15) is 4.90 Å². The Kier molecular flexibility index (Phi) is 5.42. The van der Waals surface area contributed by atoms with E-state index in [2.05, 4.69) is 25.6 Å². The largest absolute Gasteiger partial charge is 0.366 e. The SMILES string of the molecule is NC(=O)c1c[nH]c2cc(Nc3nc(Nc4ccc(Cl)c(S(N)(=O)=O)c4)ncc3F)ccc12. The lowest BCUT2D eigenvalue weighted by atomic mass is 10.1. The van der Waals surface area contributed by atoms with E-state index < -0.39 is 21.7 Å². The highest BCUT2D eigenvalue weighted by atomic mass is 35.5. The number of nitrogens with two attached hydrogens (primary N) is 2. The number of nitrogens with one attached hydrogen (secondary N) is 3. The zero-order valence-electron chi connectivity index (χ0n) is 16.1. The van der Waals surface area contributed by atoms with E-state index in [1.807, 2.05) is 0 Å². The van der Waals surface area contributed by atoms with Gasteiger partial charge in [0.15, 0.2) is 11.6 Å². The average molecular weight is 476 g/mol. The van der Waals surface area contributed by atoms with Crippen molar-refractivity contribution >= 4 is 61.6 Å². The van der Waals surface area contributed by atoms with Gasteiger partial charge in [-0.2, -0.15) is 4.98 Å². The molecule has 10 nitrogen and oxygen atoms in total. The first-order valence-corrected chi connectivity index (χ1v) is 10.8. The minimum absolute atomic E-state index is 0.00596. The lowest BCUT2D eigenvalue weighted by Gasteiger charge is -2.11. The molecule has 0 radical (unpaired) electrons. The van der Waals surface area contributed by atoms with Crippen LogP contribution in [0.4, 0.5) is 27.5 Å². The maximum absolute atomic E-state index is 14.3. The van der Waals surface area contributed by atoms with Crippen LogP contribution in [0.15, 0.2) is 53.7 Å². The van der Waals surface area contributed by atoms with Gasteiger partial charge in [-0.15, -0.1) is 0 Å². The Bertz CT molecular complexity index is 1470. The topological polar surface area (TPSA) is 169 Å². The van der Waals surface area contributed by atoms with Crippen molar-refractivity contribution < 1.29 is 17.6 Å². The molecule has 4 aromatic rings. The van der Waals surface area contributed by atoms with Gasteiger partial charge in [-0.3, -0.25) is 4.79 Å². The molecule has 4 rings (SSSR count). The number of carbonyl (C=O) groups excluding carboxylic acids is 1. The fraction of sp³-hybridized carbons (Fsp3) is 0. The van der Waals surface area contributed by atoms with E-state index in [1.54, 1.807) is 18.2 Å². The van der Waals surface area contributed by atoms with Crippen LogP contribution in [0.25, 0.3) is 10.9 Å². The van der Waals surface area contributed by atoms with Crippen LogP contribution in [0.2, 0.25) is 5.02 Å². The van der Waals surface area contributed by atoms with Crippen molar-refractivity contribution in [2.75, 3.05) is 10.6 Å². The second-order valence-electron chi connectivity index (χ2n) is 6.66. The lowest BCUT2D eigenvalue weighted by molar-refractivity contribution is 0.100. The number of primary sulfonamides is 1. The van der Waals surface area contributed by atoms with Crippen molar-refractivity contribution in [3.8, 4) is 0 Å². The summed E-state index contributed by atoms with van der Waals surface area (Å²) in [7, 11) is -4.04. The molecule has 0 spiro atoms. The standard InChI is InChI=1S/C19H15ClFN7O3S/c20-13-4-2-10(6-16(13)32(23,30)31)27-19-25-8-14(21)18(28-19)26-9-1-3-11-12(17(22)29)7-24-15(11)5-9/h1-8,24H,(H2,22,29)(H2,23,30,31)(H2,25,26,27,28). The molecule has 1 amide bonds. The number of hydrogen-bond acceptors (Lipinski definition) is 7. The molecule has 0 bridgehead atoms. The Hall–Kier alpha value is -3.74. The number of halogens is 2. The highest BCUT2D eigenvalue weighted by Gasteiger charge is 2.15. The number of aromatic nitrogens is 3. The normalized spacial score (nSPS) is 11.5. The number of amides is 1. The number of nitrogens with zero attached hydrogens (tertiary/aromatic N) is 2. The van der Waals surface area contributed by atoms with Crippen LogP contribution in [0.1, 0.15) is 10.4 Å². The number of rotatable bonds is 6. The molecule has 164 valence electrons. The number of H-pyrrole nitrogens is 1. The molecule has 7 N–H and O–H groups in total. The molecule has 0 fully saturated rings. The van der Waals surface area contributed by atoms with Gasteiger partial charge in [0.2, 0.25) is 16.0 Å². The van der Waals surface area contributed by atoms with E-state index in [0.717, 1.165) is 6.20 Å². The smallest absolute Gasteiger partial charge is 0.250 e. The zero-order chi connectivity index (χ0) is 23.0. The number of fused-ring (bicyclic) bond motifs is 1. The number of sulfonamides is 1. The van der Waals surface area contributed by atoms with Crippen molar-refractivity contribution in [1.29, 1.82) is 0 Å². The Morgan fingerprint density at radius 2 is 1.84 bits per heavy atom. The van der Waals surface area contributed by atoms with E-state index in [0.29, 0.717) is 22.2 Å². The highest BCUT2D eigenvalue weighted by molar-refractivity contribution is 7.89. The molecule has 0 unspecified atom stereocenters. The van der Waals surface area contributed by atoms with Crippen LogP contribution in [-0.4, -0.2) is 29.3 Å². The van der Waals surface area contributed by atoms with Crippen molar-refractivity contribution in [2.24, 2.45) is 10.9 Å². The number of hydrogen-bond donors (Lipinski definition) is 5. The van der Waals surface area contributed by atoms with Crippen LogP contribution in [-0.2, 0) is 10.0 Å². The number of anilines is 4. The summed E-state index contributed by atoms with van der Waals surface area (Å²) in [6.45, 7) is 0. The summed E-state index contributed by atoms with van der Waals surface area (Å²) in [6, 6.07) is 9.01. The van der Waals surface area contributed by atoms with E-state index >= 15 is 0 Å². The summed E-state index contributed by atoms with van der Waals surface area (Å²) in [4.78, 5) is 22.0. The molecule has 32 heavy (non-hydrogen) atoms. The van der Waals surface area contributed by atoms with Gasteiger partial charge in [0.05, 0.1) is 16.8 Å². The minimum atomic E-state index is -4.04. The first kappa shape index (κ1) is 21.5. The first-order valence-electron chi connectivity index (χ1n) is 8.92. The highest BCUT2D eigenvalue weighted by Crippen LogP contribution is 2.27. The molecule has 0 aliphatic carbocycles. The zero-order valence-corrected chi connectivity index (χ0v) is 17.6. The molecular formula is C19H15ClFN7O3S. The monoisotopic (exact) mass is 475 g/mol. The average Bonchev–Trinajstić information content (AvgIpc) is 3.14. The van der Waals surface area contributed by atoms with Gasteiger partial charge in [0.25, 0.3) is 5.91 Å².